The minimum Gasteiger partial charge on any atom is -0.0910 e. The summed E-state index contributed by atoms with van der Waals surface area (Å²) in [6.45, 7) is 0. The van der Waals surface area contributed by atoms with E-state index in [4.69, 9.17) is 0 Å². The molecule has 0 nitrogen and oxygen atoms in total. The number of hydrogen-bond acceptors (Lipinski definition) is 0. The Morgan fingerprint density at radius 3 is 2.22 bits per heavy atom. The number of rotatable bonds is 0. The molecule has 1 aromatic rings. The van der Waals surface area contributed by atoms with Gasteiger partial charge in [0.05, 0.1) is 0 Å². The van der Waals surface area contributed by atoms with E-state index in [2.05, 4.69) is 30.0 Å². The summed E-state index contributed by atoms with van der Waals surface area (Å²) in [4.78, 5) is 0. The van der Waals surface area contributed by atoms with Crippen molar-refractivity contribution in [2.24, 2.45) is 23.2 Å². The Morgan fingerprint density at radius 2 is 1.67 bits per heavy atom. The van der Waals surface area contributed by atoms with E-state index in [1.165, 1.54) is 38.5 Å². The first-order valence-electron chi connectivity index (χ1n) is 7.31. The van der Waals surface area contributed by atoms with Crippen LogP contribution >= 0.6 is 0 Å². The molecule has 0 amide bonds. The summed E-state index contributed by atoms with van der Waals surface area (Å²) in [5, 5.41) is 0. The normalized spacial score (nSPS) is 40.3. The van der Waals surface area contributed by atoms with Gasteiger partial charge in [0.2, 0.25) is 0 Å². The van der Waals surface area contributed by atoms with E-state index in [1.54, 1.807) is 0 Å². The molecular formula is C18H19. The molecule has 0 saturated heterocycles. The van der Waals surface area contributed by atoms with Crippen LogP contribution in [-0.4, -0.2) is 0 Å². The third-order valence-electron chi connectivity index (χ3n) is 5.21. The monoisotopic (exact) mass is 235 g/mol. The van der Waals surface area contributed by atoms with E-state index in [0.29, 0.717) is 5.41 Å². The third-order valence-corrected chi connectivity index (χ3v) is 5.21. The van der Waals surface area contributed by atoms with Crippen LogP contribution in [0.2, 0.25) is 0 Å². The van der Waals surface area contributed by atoms with E-state index < -0.39 is 0 Å². The molecule has 0 heteroatoms. The highest BCUT2D eigenvalue weighted by atomic mass is 14.5. The summed E-state index contributed by atoms with van der Waals surface area (Å²) in [6, 6.07) is 11.3. The summed E-state index contributed by atoms with van der Waals surface area (Å²) in [7, 11) is 0. The lowest BCUT2D eigenvalue weighted by Gasteiger charge is -2.54. The van der Waals surface area contributed by atoms with Crippen LogP contribution in [-0.2, 0) is 0 Å². The third kappa shape index (κ3) is 1.77. The molecule has 0 heterocycles. The van der Waals surface area contributed by atoms with Crippen LogP contribution in [0.1, 0.15) is 44.1 Å². The molecule has 4 fully saturated rings. The average Bonchev–Trinajstić information content (AvgIpc) is 2.36. The molecule has 4 aliphatic rings. The van der Waals surface area contributed by atoms with Gasteiger partial charge in [-0.05, 0) is 68.4 Å². The lowest BCUT2D eigenvalue weighted by atomic mass is 9.50. The van der Waals surface area contributed by atoms with Gasteiger partial charge in [-0.2, -0.15) is 0 Å². The van der Waals surface area contributed by atoms with Gasteiger partial charge in [0.25, 0.3) is 0 Å². The smallest absolute Gasteiger partial charge is 0.0326 e. The van der Waals surface area contributed by atoms with E-state index in [-0.39, 0.29) is 0 Å². The van der Waals surface area contributed by atoms with Crippen molar-refractivity contribution in [2.45, 2.75) is 38.5 Å². The molecule has 5 rings (SSSR count). The molecule has 0 N–H and O–H groups in total. The zero-order valence-corrected chi connectivity index (χ0v) is 10.8. The van der Waals surface area contributed by atoms with Crippen LogP contribution in [0.25, 0.3) is 0 Å². The second-order valence-electron chi connectivity index (χ2n) is 6.72. The van der Waals surface area contributed by atoms with Gasteiger partial charge in [0.15, 0.2) is 0 Å². The maximum atomic E-state index is 3.66. The SMILES string of the molecule is C(#CC12CC3CC(CC(C3)C1)C2)c1[c]cccc1. The lowest BCUT2D eigenvalue weighted by molar-refractivity contribution is -0.0181. The number of hydrogen-bond donors (Lipinski definition) is 0. The fourth-order valence-corrected chi connectivity index (χ4v) is 4.93. The first-order valence-corrected chi connectivity index (χ1v) is 7.31. The fourth-order valence-electron chi connectivity index (χ4n) is 4.93. The summed E-state index contributed by atoms with van der Waals surface area (Å²) in [5.41, 5.74) is 1.44. The van der Waals surface area contributed by atoms with E-state index in [9.17, 15) is 0 Å². The van der Waals surface area contributed by atoms with Gasteiger partial charge < -0.3 is 0 Å². The first-order chi connectivity index (χ1) is 8.81. The Bertz CT molecular complexity index is 465. The van der Waals surface area contributed by atoms with Crippen molar-refractivity contribution < 1.29 is 0 Å². The minimum atomic E-state index is 0.373. The quantitative estimate of drug-likeness (QED) is 0.595. The highest BCUT2D eigenvalue weighted by Crippen LogP contribution is 2.59. The predicted octanol–water partition coefficient (Wildman–Crippen LogP) is 4.05. The molecule has 0 unspecified atom stereocenters. The Balaban J connectivity index is 1.63. The molecule has 4 saturated carbocycles. The Morgan fingerprint density at radius 1 is 1.00 bits per heavy atom. The molecule has 1 aromatic carbocycles. The molecule has 4 bridgehead atoms. The molecule has 0 aliphatic heterocycles. The second-order valence-corrected chi connectivity index (χ2v) is 6.72. The molecule has 0 aromatic heterocycles. The van der Waals surface area contributed by atoms with Crippen LogP contribution in [0.4, 0.5) is 0 Å². The van der Waals surface area contributed by atoms with Gasteiger partial charge in [-0.3, -0.25) is 0 Å². The van der Waals surface area contributed by atoms with Crippen LogP contribution in [0, 0.1) is 41.1 Å². The Labute approximate surface area is 110 Å². The van der Waals surface area contributed by atoms with Crippen LogP contribution in [0.3, 0.4) is 0 Å². The lowest BCUT2D eigenvalue weighted by Crippen LogP contribution is -2.45. The van der Waals surface area contributed by atoms with Crippen LogP contribution < -0.4 is 0 Å². The van der Waals surface area contributed by atoms with E-state index in [0.717, 1.165) is 23.3 Å². The van der Waals surface area contributed by atoms with Gasteiger partial charge in [-0.25, -0.2) is 0 Å². The zero-order valence-electron chi connectivity index (χ0n) is 10.8. The van der Waals surface area contributed by atoms with Crippen molar-refractivity contribution in [3.63, 3.8) is 0 Å². The topological polar surface area (TPSA) is 0 Å². The summed E-state index contributed by atoms with van der Waals surface area (Å²) in [5.74, 6) is 10.0. The second kappa shape index (κ2) is 3.89. The maximum Gasteiger partial charge on any atom is 0.0326 e. The molecular weight excluding hydrogens is 216 g/mol. The molecule has 0 atom stereocenters. The average molecular weight is 235 g/mol. The Hall–Kier alpha value is -1.22. The van der Waals surface area contributed by atoms with Gasteiger partial charge in [-0.15, -0.1) is 0 Å². The standard InChI is InChI=1S/C18H19/c1-2-4-14(5-3-1)6-7-18-11-15-8-16(12-18)10-17(9-15)13-18/h1-4,15-17H,8-13H2. The van der Waals surface area contributed by atoms with Crippen molar-refractivity contribution in [1.82, 2.24) is 0 Å². The fraction of sp³-hybridized carbons (Fsp3) is 0.556. The van der Waals surface area contributed by atoms with Gasteiger partial charge in [0, 0.05) is 11.0 Å². The van der Waals surface area contributed by atoms with E-state index in [1.807, 2.05) is 12.1 Å². The van der Waals surface area contributed by atoms with Crippen LogP contribution in [0.15, 0.2) is 24.3 Å². The van der Waals surface area contributed by atoms with Gasteiger partial charge >= 0.3 is 0 Å². The maximum absolute atomic E-state index is 3.66. The van der Waals surface area contributed by atoms with E-state index >= 15 is 0 Å². The summed E-state index contributed by atoms with van der Waals surface area (Å²) >= 11 is 0. The molecule has 18 heavy (non-hydrogen) atoms. The van der Waals surface area contributed by atoms with Crippen molar-refractivity contribution in [3.05, 3.63) is 35.9 Å². The minimum absolute atomic E-state index is 0.373. The highest BCUT2D eigenvalue weighted by molar-refractivity contribution is 5.35. The summed E-state index contributed by atoms with van der Waals surface area (Å²) < 4.78 is 0. The summed E-state index contributed by atoms with van der Waals surface area (Å²) in [6.07, 6.45) is 8.62. The predicted molar refractivity (Wildman–Crippen MR) is 72.8 cm³/mol. The molecule has 1 radical (unpaired) electrons. The van der Waals surface area contributed by atoms with Crippen molar-refractivity contribution in [2.75, 3.05) is 0 Å². The highest BCUT2D eigenvalue weighted by Gasteiger charge is 2.50. The van der Waals surface area contributed by atoms with Crippen LogP contribution in [0.5, 0.6) is 0 Å². The molecule has 4 aliphatic carbocycles. The van der Waals surface area contributed by atoms with Crippen molar-refractivity contribution in [1.29, 1.82) is 0 Å². The molecule has 91 valence electrons. The first kappa shape index (κ1) is 10.7. The largest absolute Gasteiger partial charge is 0.0910 e. The molecule has 0 spiro atoms. The van der Waals surface area contributed by atoms with Gasteiger partial charge in [0.1, 0.15) is 0 Å². The van der Waals surface area contributed by atoms with Gasteiger partial charge in [-0.1, -0.05) is 30.0 Å². The zero-order chi connectivity index (χ0) is 12.0. The Kier molecular flexibility index (Phi) is 2.31. The van der Waals surface area contributed by atoms with Crippen molar-refractivity contribution >= 4 is 0 Å². The van der Waals surface area contributed by atoms with Crippen molar-refractivity contribution in [3.8, 4) is 11.8 Å². The number of benzene rings is 1.